The van der Waals surface area contributed by atoms with Crippen LogP contribution in [0.25, 0.3) is 17.5 Å². The van der Waals surface area contributed by atoms with Gasteiger partial charge in [0.25, 0.3) is 5.89 Å². The summed E-state index contributed by atoms with van der Waals surface area (Å²) in [5, 5.41) is 16.6. The summed E-state index contributed by atoms with van der Waals surface area (Å²) in [6.45, 7) is 3.56. The van der Waals surface area contributed by atoms with E-state index in [0.29, 0.717) is 23.0 Å². The van der Waals surface area contributed by atoms with Crippen molar-refractivity contribution in [2.45, 2.75) is 20.0 Å². The van der Waals surface area contributed by atoms with Crippen LogP contribution in [0, 0.1) is 18.3 Å². The number of carbonyl (C=O) groups excluding carboxylic acids is 1. The van der Waals surface area contributed by atoms with Crippen molar-refractivity contribution >= 4 is 12.0 Å². The predicted octanol–water partition coefficient (Wildman–Crippen LogP) is 4.27. The van der Waals surface area contributed by atoms with Crippen molar-refractivity contribution in [3.8, 4) is 29.0 Å². The van der Waals surface area contributed by atoms with Gasteiger partial charge in [0.15, 0.2) is 24.2 Å². The van der Waals surface area contributed by atoms with Crippen LogP contribution in [0.2, 0.25) is 0 Å². The van der Waals surface area contributed by atoms with Gasteiger partial charge in [0.05, 0.1) is 7.11 Å². The molecule has 31 heavy (non-hydrogen) atoms. The fraction of sp³-hybridized carbons (Fsp3) is 0.217. The maximum Gasteiger partial charge on any atom is 0.331 e. The zero-order valence-corrected chi connectivity index (χ0v) is 17.4. The molecular weight excluding hydrogens is 398 g/mol. The second kappa shape index (κ2) is 10.1. The lowest BCUT2D eigenvalue weighted by molar-refractivity contribution is -0.143. The van der Waals surface area contributed by atoms with Gasteiger partial charge in [0.2, 0.25) is 5.89 Å². The van der Waals surface area contributed by atoms with Crippen molar-refractivity contribution in [2.24, 2.45) is 0 Å². The Morgan fingerprint density at radius 3 is 2.68 bits per heavy atom. The Balaban J connectivity index is 1.62. The van der Waals surface area contributed by atoms with Crippen LogP contribution in [0.15, 0.2) is 53.0 Å². The van der Waals surface area contributed by atoms with E-state index in [9.17, 15) is 4.79 Å². The van der Waals surface area contributed by atoms with E-state index in [1.807, 2.05) is 37.3 Å². The number of aromatic nitrogens is 2. The van der Waals surface area contributed by atoms with Crippen LogP contribution >= 0.6 is 0 Å². The van der Waals surface area contributed by atoms with Gasteiger partial charge in [-0.15, -0.1) is 10.2 Å². The molecule has 3 rings (SSSR count). The first-order valence-corrected chi connectivity index (χ1v) is 9.47. The Morgan fingerprint density at radius 2 is 1.97 bits per heavy atom. The summed E-state index contributed by atoms with van der Waals surface area (Å²) in [7, 11) is 1.49. The first-order chi connectivity index (χ1) is 15.0. The minimum atomic E-state index is -0.708. The topological polar surface area (TPSA) is 107 Å². The molecule has 1 heterocycles. The number of methoxy groups -OCH3 is 1. The molecule has 1 unspecified atom stereocenters. The minimum absolute atomic E-state index is 0.0863. The molecule has 2 aromatic carbocycles. The third kappa shape index (κ3) is 5.70. The Labute approximate surface area is 179 Å². The lowest BCUT2D eigenvalue weighted by atomic mass is 10.1. The van der Waals surface area contributed by atoms with Crippen molar-refractivity contribution in [2.75, 3.05) is 13.7 Å². The summed E-state index contributed by atoms with van der Waals surface area (Å²) in [4.78, 5) is 12.2. The monoisotopic (exact) mass is 419 g/mol. The molecule has 1 atom stereocenters. The zero-order valence-electron chi connectivity index (χ0n) is 17.4. The van der Waals surface area contributed by atoms with Crippen LogP contribution in [-0.4, -0.2) is 29.9 Å². The number of hydrogen-bond acceptors (Lipinski definition) is 8. The van der Waals surface area contributed by atoms with Gasteiger partial charge in [-0.2, -0.15) is 5.26 Å². The second-order valence-corrected chi connectivity index (χ2v) is 6.58. The standard InChI is InChI=1S/C23H21N3O5/c1-15-4-8-18(9-5-15)23-26-25-22(31-23)16(2)30-21(27)11-7-17-6-10-19(29-13-12-24)20(14-17)28-3/h4-11,14,16H,13H2,1-3H3/b11-7+. The third-order valence-electron chi connectivity index (χ3n) is 4.27. The summed E-state index contributed by atoms with van der Waals surface area (Å²) in [6, 6.07) is 14.6. The smallest absolute Gasteiger partial charge is 0.331 e. The third-order valence-corrected chi connectivity index (χ3v) is 4.27. The van der Waals surface area contributed by atoms with Gasteiger partial charge in [-0.05, 0) is 49.8 Å². The molecule has 0 spiro atoms. The van der Waals surface area contributed by atoms with Crippen LogP contribution in [0.1, 0.15) is 30.0 Å². The maximum absolute atomic E-state index is 12.2. The minimum Gasteiger partial charge on any atom is -0.493 e. The van der Waals surface area contributed by atoms with E-state index in [1.165, 1.54) is 13.2 Å². The fourth-order valence-electron chi connectivity index (χ4n) is 2.66. The van der Waals surface area contributed by atoms with Crippen molar-refractivity contribution < 1.29 is 23.4 Å². The number of ether oxygens (including phenoxy) is 3. The van der Waals surface area contributed by atoms with Crippen LogP contribution in [0.4, 0.5) is 0 Å². The molecule has 0 saturated carbocycles. The van der Waals surface area contributed by atoms with Crippen LogP contribution in [0.3, 0.4) is 0 Å². The number of aryl methyl sites for hydroxylation is 1. The van der Waals surface area contributed by atoms with E-state index in [2.05, 4.69) is 10.2 Å². The number of nitriles is 1. The van der Waals surface area contributed by atoms with Crippen molar-refractivity contribution in [1.29, 1.82) is 5.26 Å². The highest BCUT2D eigenvalue weighted by Gasteiger charge is 2.18. The Kier molecular flexibility index (Phi) is 7.01. The number of hydrogen-bond donors (Lipinski definition) is 0. The summed E-state index contributed by atoms with van der Waals surface area (Å²) in [5.74, 6) is 0.899. The molecule has 0 aliphatic rings. The highest BCUT2D eigenvalue weighted by atomic mass is 16.6. The molecule has 0 aliphatic carbocycles. The quantitative estimate of drug-likeness (QED) is 0.393. The molecule has 8 heteroatoms. The summed E-state index contributed by atoms with van der Waals surface area (Å²) in [5.41, 5.74) is 2.61. The summed E-state index contributed by atoms with van der Waals surface area (Å²) in [6.07, 6.45) is 2.16. The van der Waals surface area contributed by atoms with Gasteiger partial charge in [0.1, 0.15) is 6.07 Å². The van der Waals surface area contributed by atoms with Crippen molar-refractivity contribution in [1.82, 2.24) is 10.2 Å². The highest BCUT2D eigenvalue weighted by molar-refractivity contribution is 5.87. The lowest BCUT2D eigenvalue weighted by Crippen LogP contribution is -2.06. The molecule has 1 aromatic heterocycles. The highest BCUT2D eigenvalue weighted by Crippen LogP contribution is 2.28. The Morgan fingerprint density at radius 1 is 1.19 bits per heavy atom. The molecule has 0 bridgehead atoms. The van der Waals surface area contributed by atoms with Gasteiger partial charge >= 0.3 is 5.97 Å². The SMILES string of the molecule is COc1cc(/C=C/C(=O)OC(C)c2nnc(-c3ccc(C)cc3)o2)ccc1OCC#N. The molecule has 0 N–H and O–H groups in total. The van der Waals surface area contributed by atoms with E-state index in [-0.39, 0.29) is 12.5 Å². The maximum atomic E-state index is 12.2. The van der Waals surface area contributed by atoms with E-state index >= 15 is 0 Å². The van der Waals surface area contributed by atoms with Crippen LogP contribution < -0.4 is 9.47 Å². The van der Waals surface area contributed by atoms with E-state index in [4.69, 9.17) is 23.9 Å². The average Bonchev–Trinajstić information content (AvgIpc) is 3.27. The van der Waals surface area contributed by atoms with Gasteiger partial charge in [0, 0.05) is 11.6 Å². The first kappa shape index (κ1) is 21.6. The Hall–Kier alpha value is -4.12. The Bertz CT molecular complexity index is 1110. The molecule has 0 radical (unpaired) electrons. The number of nitrogens with zero attached hydrogens (tertiary/aromatic N) is 3. The van der Waals surface area contributed by atoms with Gasteiger partial charge in [-0.1, -0.05) is 23.8 Å². The van der Waals surface area contributed by atoms with Gasteiger partial charge in [-0.25, -0.2) is 4.79 Å². The van der Waals surface area contributed by atoms with E-state index in [0.717, 1.165) is 11.1 Å². The molecule has 0 amide bonds. The second-order valence-electron chi connectivity index (χ2n) is 6.58. The zero-order chi connectivity index (χ0) is 22.2. The number of rotatable bonds is 8. The largest absolute Gasteiger partial charge is 0.493 e. The molecule has 3 aromatic rings. The van der Waals surface area contributed by atoms with Gasteiger partial charge < -0.3 is 18.6 Å². The number of benzene rings is 2. The molecule has 158 valence electrons. The van der Waals surface area contributed by atoms with Crippen LogP contribution in [0.5, 0.6) is 11.5 Å². The average molecular weight is 419 g/mol. The molecule has 0 aliphatic heterocycles. The van der Waals surface area contributed by atoms with Crippen molar-refractivity contribution in [3.63, 3.8) is 0 Å². The first-order valence-electron chi connectivity index (χ1n) is 9.47. The molecule has 0 fully saturated rings. The number of esters is 1. The van der Waals surface area contributed by atoms with E-state index < -0.39 is 12.1 Å². The number of carbonyl (C=O) groups is 1. The van der Waals surface area contributed by atoms with Crippen molar-refractivity contribution in [3.05, 3.63) is 65.6 Å². The summed E-state index contributed by atoms with van der Waals surface area (Å²) < 4.78 is 21.5. The predicted molar refractivity (Wildman–Crippen MR) is 112 cm³/mol. The lowest BCUT2D eigenvalue weighted by Gasteiger charge is -2.09. The molecule has 8 nitrogen and oxygen atoms in total. The molecule has 0 saturated heterocycles. The normalized spacial score (nSPS) is 11.7. The summed E-state index contributed by atoms with van der Waals surface area (Å²) >= 11 is 0. The molecular formula is C23H21N3O5. The van der Waals surface area contributed by atoms with Crippen LogP contribution in [-0.2, 0) is 9.53 Å². The van der Waals surface area contributed by atoms with E-state index in [1.54, 1.807) is 31.2 Å². The fourth-order valence-corrected chi connectivity index (χ4v) is 2.66. The van der Waals surface area contributed by atoms with Gasteiger partial charge in [-0.3, -0.25) is 0 Å².